The molecule has 1 aliphatic rings. The van der Waals surface area contributed by atoms with Crippen molar-refractivity contribution in [2.24, 2.45) is 0 Å². The van der Waals surface area contributed by atoms with E-state index in [1.807, 2.05) is 36.4 Å². The van der Waals surface area contributed by atoms with Crippen LogP contribution in [0.5, 0.6) is 0 Å². The number of hydrogen-bond donors (Lipinski definition) is 1. The van der Waals surface area contributed by atoms with Gasteiger partial charge < -0.3 is 5.32 Å². The molecule has 0 aliphatic carbocycles. The molecule has 1 N–H and O–H groups in total. The molecule has 25 heavy (non-hydrogen) atoms. The Bertz CT molecular complexity index is 1000. The van der Waals surface area contributed by atoms with Crippen LogP contribution in [0.15, 0.2) is 64.4 Å². The van der Waals surface area contributed by atoms with Gasteiger partial charge in [0.25, 0.3) is 0 Å². The molecule has 0 radical (unpaired) electrons. The second-order valence-corrected chi connectivity index (χ2v) is 8.54. The van der Waals surface area contributed by atoms with Gasteiger partial charge in [0.15, 0.2) is 5.78 Å². The van der Waals surface area contributed by atoms with Crippen LogP contribution in [0.1, 0.15) is 25.7 Å². The third-order valence-corrected chi connectivity index (χ3v) is 6.27. The number of hydrogen-bond acceptors (Lipinski definition) is 4. The zero-order valence-electron chi connectivity index (χ0n) is 14.0. The van der Waals surface area contributed by atoms with Crippen LogP contribution >= 0.6 is 23.1 Å². The molecule has 0 bridgehead atoms. The van der Waals surface area contributed by atoms with Crippen molar-refractivity contribution >= 4 is 46.3 Å². The van der Waals surface area contributed by atoms with E-state index < -0.39 is 0 Å². The largest absolute Gasteiger partial charge is 0.354 e. The molecular weight excluding hydrogens is 346 g/mol. The van der Waals surface area contributed by atoms with Crippen molar-refractivity contribution in [3.63, 3.8) is 0 Å². The number of aryl methyl sites for hydroxylation is 2. The first-order valence-corrected chi connectivity index (χ1v) is 9.71. The van der Waals surface area contributed by atoms with E-state index in [0.717, 1.165) is 21.8 Å². The average Bonchev–Trinajstić information content (AvgIpc) is 2.94. The van der Waals surface area contributed by atoms with E-state index in [1.54, 1.807) is 29.2 Å². The maximum atomic E-state index is 12.5. The smallest absolute Gasteiger partial charge is 0.185 e. The fourth-order valence-corrected chi connectivity index (χ4v) is 4.75. The molecule has 0 fully saturated rings. The maximum absolute atomic E-state index is 12.5. The Morgan fingerprint density at radius 3 is 2.60 bits per heavy atom. The number of carbonyl (C=O) groups excluding carboxylic acids is 1. The predicted molar refractivity (Wildman–Crippen MR) is 107 cm³/mol. The van der Waals surface area contributed by atoms with E-state index in [0.29, 0.717) is 5.56 Å². The van der Waals surface area contributed by atoms with Gasteiger partial charge in [0.2, 0.25) is 0 Å². The molecule has 4 heteroatoms. The van der Waals surface area contributed by atoms with Crippen molar-refractivity contribution in [1.82, 2.24) is 0 Å². The summed E-state index contributed by atoms with van der Waals surface area (Å²) in [6.45, 7) is 4.17. The first-order valence-electron chi connectivity index (χ1n) is 8.07. The molecule has 0 amide bonds. The Hall–Kier alpha value is -2.30. The predicted octanol–water partition coefficient (Wildman–Crippen LogP) is 6.47. The highest BCUT2D eigenvalue weighted by atomic mass is 32.2. The first-order chi connectivity index (χ1) is 12.1. The van der Waals surface area contributed by atoms with Crippen molar-refractivity contribution in [3.8, 4) is 0 Å². The normalized spacial score (nSPS) is 12.6. The lowest BCUT2D eigenvalue weighted by molar-refractivity contribution is 0.104. The van der Waals surface area contributed by atoms with E-state index in [4.69, 9.17) is 0 Å². The standard InChI is InChI=1S/C21H17NOS2/c1-13-11-15(14(2)24-13)7-9-19(23)16-8-10-21-18(12-16)22-17-5-3-4-6-20(17)25-21/h3-12,22H,1-2H3/b9-7+. The summed E-state index contributed by atoms with van der Waals surface area (Å²) in [5.41, 5.74) is 3.90. The van der Waals surface area contributed by atoms with E-state index in [9.17, 15) is 4.79 Å². The molecule has 0 spiro atoms. The van der Waals surface area contributed by atoms with Gasteiger partial charge in [-0.05, 0) is 68.0 Å². The minimum atomic E-state index is 0.0247. The van der Waals surface area contributed by atoms with Gasteiger partial charge in [-0.3, -0.25) is 4.79 Å². The average molecular weight is 364 g/mol. The van der Waals surface area contributed by atoms with Crippen LogP contribution in [0.3, 0.4) is 0 Å². The number of anilines is 2. The molecule has 2 aromatic carbocycles. The second kappa shape index (κ2) is 6.54. The molecular formula is C21H17NOS2. The highest BCUT2D eigenvalue weighted by Gasteiger charge is 2.16. The number of rotatable bonds is 3. The van der Waals surface area contributed by atoms with Gasteiger partial charge in [-0.2, -0.15) is 0 Å². The van der Waals surface area contributed by atoms with Gasteiger partial charge in [0.1, 0.15) is 0 Å². The molecule has 0 unspecified atom stereocenters. The highest BCUT2D eigenvalue weighted by Crippen LogP contribution is 2.44. The Balaban J connectivity index is 1.58. The van der Waals surface area contributed by atoms with E-state index in [-0.39, 0.29) is 5.78 Å². The summed E-state index contributed by atoms with van der Waals surface area (Å²) in [6, 6.07) is 16.2. The van der Waals surface area contributed by atoms with Gasteiger partial charge in [0.05, 0.1) is 11.4 Å². The third kappa shape index (κ3) is 3.28. The van der Waals surface area contributed by atoms with E-state index in [1.165, 1.54) is 14.6 Å². The van der Waals surface area contributed by atoms with Gasteiger partial charge in [-0.25, -0.2) is 0 Å². The van der Waals surface area contributed by atoms with Crippen LogP contribution < -0.4 is 5.32 Å². The molecule has 3 aromatic rings. The monoisotopic (exact) mass is 363 g/mol. The minimum absolute atomic E-state index is 0.0247. The number of para-hydroxylation sites is 1. The van der Waals surface area contributed by atoms with Gasteiger partial charge >= 0.3 is 0 Å². The molecule has 0 atom stereocenters. The number of benzene rings is 2. The lowest BCUT2D eigenvalue weighted by Crippen LogP contribution is -2.02. The summed E-state index contributed by atoms with van der Waals surface area (Å²) >= 11 is 3.48. The molecule has 4 rings (SSSR count). The van der Waals surface area contributed by atoms with Crippen molar-refractivity contribution in [2.75, 3.05) is 5.32 Å². The molecule has 1 aromatic heterocycles. The van der Waals surface area contributed by atoms with Crippen LogP contribution in [-0.2, 0) is 0 Å². The number of ketones is 1. The fraction of sp³-hybridized carbons (Fsp3) is 0.0952. The molecule has 124 valence electrons. The van der Waals surface area contributed by atoms with Crippen LogP contribution in [0, 0.1) is 13.8 Å². The van der Waals surface area contributed by atoms with Crippen LogP contribution in [-0.4, -0.2) is 5.78 Å². The van der Waals surface area contributed by atoms with Gasteiger partial charge in [-0.15, -0.1) is 11.3 Å². The Morgan fingerprint density at radius 2 is 1.80 bits per heavy atom. The van der Waals surface area contributed by atoms with Crippen molar-refractivity contribution in [2.45, 2.75) is 23.6 Å². The summed E-state index contributed by atoms with van der Waals surface area (Å²) < 4.78 is 0. The van der Waals surface area contributed by atoms with Crippen LogP contribution in [0.2, 0.25) is 0 Å². The van der Waals surface area contributed by atoms with Crippen LogP contribution in [0.25, 0.3) is 6.08 Å². The molecule has 2 heterocycles. The summed E-state index contributed by atoms with van der Waals surface area (Å²) in [7, 11) is 0. The third-order valence-electron chi connectivity index (χ3n) is 4.13. The number of thiophene rings is 1. The number of fused-ring (bicyclic) bond motifs is 2. The van der Waals surface area contributed by atoms with Crippen LogP contribution in [0.4, 0.5) is 11.4 Å². The summed E-state index contributed by atoms with van der Waals surface area (Å²) in [5, 5.41) is 3.43. The zero-order chi connectivity index (χ0) is 17.4. The number of allylic oxidation sites excluding steroid dienone is 1. The van der Waals surface area contributed by atoms with E-state index >= 15 is 0 Å². The summed E-state index contributed by atoms with van der Waals surface area (Å²) in [5.74, 6) is 0.0247. The summed E-state index contributed by atoms with van der Waals surface area (Å²) in [4.78, 5) is 17.4. The first kappa shape index (κ1) is 16.2. The lowest BCUT2D eigenvalue weighted by atomic mass is 10.1. The fourth-order valence-electron chi connectivity index (χ4n) is 2.87. The topological polar surface area (TPSA) is 29.1 Å². The number of carbonyl (C=O) groups is 1. The van der Waals surface area contributed by atoms with Crippen molar-refractivity contribution in [3.05, 3.63) is 75.5 Å². The molecule has 2 nitrogen and oxygen atoms in total. The lowest BCUT2D eigenvalue weighted by Gasteiger charge is -2.20. The highest BCUT2D eigenvalue weighted by molar-refractivity contribution is 7.99. The maximum Gasteiger partial charge on any atom is 0.185 e. The Morgan fingerprint density at radius 1 is 1.00 bits per heavy atom. The zero-order valence-corrected chi connectivity index (χ0v) is 15.6. The molecule has 0 saturated heterocycles. The van der Waals surface area contributed by atoms with Crippen molar-refractivity contribution < 1.29 is 4.79 Å². The minimum Gasteiger partial charge on any atom is -0.354 e. The number of nitrogens with one attached hydrogen (secondary N) is 1. The summed E-state index contributed by atoms with van der Waals surface area (Å²) in [6.07, 6.45) is 3.58. The SMILES string of the molecule is Cc1cc(/C=C/C(=O)c2ccc3c(c2)Nc2ccccc2S3)c(C)s1. The van der Waals surface area contributed by atoms with Crippen molar-refractivity contribution in [1.29, 1.82) is 0 Å². The second-order valence-electron chi connectivity index (χ2n) is 6.00. The van der Waals surface area contributed by atoms with E-state index in [2.05, 4.69) is 37.4 Å². The Kier molecular flexibility index (Phi) is 4.24. The quantitative estimate of drug-likeness (QED) is 0.334. The van der Waals surface area contributed by atoms with Gasteiger partial charge in [-0.1, -0.05) is 23.9 Å². The molecule has 1 aliphatic heterocycles. The molecule has 0 saturated carbocycles. The Labute approximate surface area is 155 Å². The van der Waals surface area contributed by atoms with Gasteiger partial charge in [0, 0.05) is 25.1 Å².